The van der Waals surface area contributed by atoms with Crippen LogP contribution in [-0.4, -0.2) is 38.1 Å². The number of methoxy groups -OCH3 is 1. The lowest BCUT2D eigenvalue weighted by Gasteiger charge is -2.30. The molecule has 2 atom stereocenters. The van der Waals surface area contributed by atoms with Crippen molar-refractivity contribution in [3.63, 3.8) is 0 Å². The lowest BCUT2D eigenvalue weighted by atomic mass is 9.95. The van der Waals surface area contributed by atoms with Gasteiger partial charge in [-0.15, -0.1) is 0 Å². The summed E-state index contributed by atoms with van der Waals surface area (Å²) < 4.78 is 4.95. The van der Waals surface area contributed by atoms with Crippen molar-refractivity contribution in [2.45, 2.75) is 32.7 Å². The summed E-state index contributed by atoms with van der Waals surface area (Å²) in [6, 6.07) is 5.08. The summed E-state index contributed by atoms with van der Waals surface area (Å²) >= 11 is 0. The van der Waals surface area contributed by atoms with Gasteiger partial charge in [0.25, 0.3) is 5.91 Å². The van der Waals surface area contributed by atoms with Crippen LogP contribution in [0.3, 0.4) is 0 Å². The average Bonchev–Trinajstić information content (AvgIpc) is 2.56. The summed E-state index contributed by atoms with van der Waals surface area (Å²) in [6.45, 7) is 5.28. The van der Waals surface area contributed by atoms with Crippen LogP contribution in [0.25, 0.3) is 0 Å². The van der Waals surface area contributed by atoms with Crippen molar-refractivity contribution >= 4 is 23.2 Å². The molecule has 0 saturated carbocycles. The Balaban J connectivity index is 2.04. The number of nitrogens with one attached hydrogen (secondary N) is 3. The van der Waals surface area contributed by atoms with Crippen molar-refractivity contribution < 1.29 is 14.3 Å². The van der Waals surface area contributed by atoms with Crippen molar-refractivity contribution in [2.24, 2.45) is 5.92 Å². The van der Waals surface area contributed by atoms with E-state index < -0.39 is 0 Å². The van der Waals surface area contributed by atoms with Gasteiger partial charge in [-0.2, -0.15) is 0 Å². The van der Waals surface area contributed by atoms with Gasteiger partial charge in [0, 0.05) is 25.8 Å². The molecule has 126 valence electrons. The van der Waals surface area contributed by atoms with Crippen molar-refractivity contribution in [3.05, 3.63) is 23.8 Å². The highest BCUT2D eigenvalue weighted by Gasteiger charge is 2.29. The molecule has 6 heteroatoms. The van der Waals surface area contributed by atoms with Gasteiger partial charge >= 0.3 is 0 Å². The van der Waals surface area contributed by atoms with E-state index in [1.165, 1.54) is 0 Å². The van der Waals surface area contributed by atoms with E-state index in [2.05, 4.69) is 22.9 Å². The standard InChI is InChI=1S/C17H25N3O3/c1-4-11(2)15-17(22)20-14-10-12(6-7-13(14)19-15)16(21)18-8-5-9-23-3/h6-7,10-11,15,19H,4-5,8-9H2,1-3H3,(H,18,21)(H,20,22). The quantitative estimate of drug-likeness (QED) is 0.673. The Bertz CT molecular complexity index is 574. The smallest absolute Gasteiger partial charge is 0.251 e. The van der Waals surface area contributed by atoms with Crippen LogP contribution in [0, 0.1) is 5.92 Å². The molecule has 2 unspecified atom stereocenters. The highest BCUT2D eigenvalue weighted by molar-refractivity contribution is 6.05. The molecule has 2 rings (SSSR count). The maximum Gasteiger partial charge on any atom is 0.251 e. The molecule has 0 spiro atoms. The zero-order chi connectivity index (χ0) is 16.8. The number of carbonyl (C=O) groups excluding carboxylic acids is 2. The van der Waals surface area contributed by atoms with E-state index in [-0.39, 0.29) is 23.8 Å². The first-order chi connectivity index (χ1) is 11.1. The Kier molecular flexibility index (Phi) is 5.98. The minimum absolute atomic E-state index is 0.0514. The first-order valence-electron chi connectivity index (χ1n) is 8.05. The Hall–Kier alpha value is -2.08. The minimum atomic E-state index is -0.235. The van der Waals surface area contributed by atoms with E-state index in [1.54, 1.807) is 19.2 Å². The first-order valence-corrected chi connectivity index (χ1v) is 8.05. The largest absolute Gasteiger partial charge is 0.385 e. The molecule has 2 amide bonds. The van der Waals surface area contributed by atoms with Gasteiger partial charge in [0.15, 0.2) is 0 Å². The number of ether oxygens (including phenoxy) is 1. The topological polar surface area (TPSA) is 79.5 Å². The third-order valence-electron chi connectivity index (χ3n) is 4.16. The van der Waals surface area contributed by atoms with Gasteiger partial charge in [-0.05, 0) is 30.5 Å². The molecular weight excluding hydrogens is 294 g/mol. The molecule has 1 aromatic carbocycles. The molecular formula is C17H25N3O3. The fraction of sp³-hybridized carbons (Fsp3) is 0.529. The second-order valence-corrected chi connectivity index (χ2v) is 5.86. The van der Waals surface area contributed by atoms with Crippen LogP contribution in [0.2, 0.25) is 0 Å². The molecule has 1 aliphatic heterocycles. The number of fused-ring (bicyclic) bond motifs is 1. The maximum absolute atomic E-state index is 12.2. The Morgan fingerprint density at radius 2 is 2.17 bits per heavy atom. The number of rotatable bonds is 7. The number of hydrogen-bond acceptors (Lipinski definition) is 4. The van der Waals surface area contributed by atoms with Crippen molar-refractivity contribution in [3.8, 4) is 0 Å². The second kappa shape index (κ2) is 7.97. The maximum atomic E-state index is 12.2. The van der Waals surface area contributed by atoms with Gasteiger partial charge in [-0.1, -0.05) is 20.3 Å². The van der Waals surface area contributed by atoms with Crippen molar-refractivity contribution in [1.29, 1.82) is 0 Å². The van der Waals surface area contributed by atoms with Crippen LogP contribution in [0.1, 0.15) is 37.0 Å². The highest BCUT2D eigenvalue weighted by Crippen LogP contribution is 2.30. The third-order valence-corrected chi connectivity index (χ3v) is 4.16. The summed E-state index contributed by atoms with van der Waals surface area (Å²) in [6.07, 6.45) is 1.68. The molecule has 0 saturated heterocycles. The summed E-state index contributed by atoms with van der Waals surface area (Å²) in [5.41, 5.74) is 2.04. The normalized spacial score (nSPS) is 17.7. The summed E-state index contributed by atoms with van der Waals surface area (Å²) in [5.74, 6) is 0.0404. The second-order valence-electron chi connectivity index (χ2n) is 5.86. The lowest BCUT2D eigenvalue weighted by Crippen LogP contribution is -2.43. The number of carbonyl (C=O) groups is 2. The van der Waals surface area contributed by atoms with E-state index >= 15 is 0 Å². The fourth-order valence-electron chi connectivity index (χ4n) is 2.52. The monoisotopic (exact) mass is 319 g/mol. The van der Waals surface area contributed by atoms with Crippen molar-refractivity contribution in [1.82, 2.24) is 5.32 Å². The predicted octanol–water partition coefficient (Wildman–Crippen LogP) is 2.23. The van der Waals surface area contributed by atoms with Crippen LogP contribution >= 0.6 is 0 Å². The summed E-state index contributed by atoms with van der Waals surface area (Å²) in [4.78, 5) is 24.3. The van der Waals surface area contributed by atoms with E-state index in [0.29, 0.717) is 24.4 Å². The minimum Gasteiger partial charge on any atom is -0.385 e. The zero-order valence-electron chi connectivity index (χ0n) is 13.9. The van der Waals surface area contributed by atoms with Crippen molar-refractivity contribution in [2.75, 3.05) is 30.9 Å². The molecule has 0 aliphatic carbocycles. The molecule has 6 nitrogen and oxygen atoms in total. The van der Waals surface area contributed by atoms with Crippen LogP contribution in [-0.2, 0) is 9.53 Å². The molecule has 3 N–H and O–H groups in total. The average molecular weight is 319 g/mol. The van der Waals surface area contributed by atoms with Crippen LogP contribution < -0.4 is 16.0 Å². The van der Waals surface area contributed by atoms with Crippen LogP contribution in [0.5, 0.6) is 0 Å². The van der Waals surface area contributed by atoms with E-state index in [4.69, 9.17) is 4.74 Å². The van der Waals surface area contributed by atoms with Gasteiger partial charge in [0.1, 0.15) is 6.04 Å². The van der Waals surface area contributed by atoms with E-state index in [9.17, 15) is 9.59 Å². The van der Waals surface area contributed by atoms with Gasteiger partial charge < -0.3 is 20.7 Å². The van der Waals surface area contributed by atoms with Gasteiger partial charge in [-0.3, -0.25) is 9.59 Å². The van der Waals surface area contributed by atoms with Gasteiger partial charge in [-0.25, -0.2) is 0 Å². The molecule has 23 heavy (non-hydrogen) atoms. The molecule has 1 heterocycles. The number of amides is 2. The lowest BCUT2D eigenvalue weighted by molar-refractivity contribution is -0.118. The van der Waals surface area contributed by atoms with Crippen LogP contribution in [0.4, 0.5) is 11.4 Å². The Morgan fingerprint density at radius 3 is 2.87 bits per heavy atom. The summed E-state index contributed by atoms with van der Waals surface area (Å²) in [5, 5.41) is 8.99. The number of anilines is 2. The third kappa shape index (κ3) is 4.22. The molecule has 0 fully saturated rings. The molecule has 0 bridgehead atoms. The Morgan fingerprint density at radius 1 is 1.39 bits per heavy atom. The molecule has 0 radical (unpaired) electrons. The number of benzene rings is 1. The Labute approximate surface area is 137 Å². The first kappa shape index (κ1) is 17.3. The van der Waals surface area contributed by atoms with E-state index in [1.807, 2.05) is 13.0 Å². The van der Waals surface area contributed by atoms with Gasteiger partial charge in [0.05, 0.1) is 11.4 Å². The molecule has 1 aliphatic rings. The highest BCUT2D eigenvalue weighted by atomic mass is 16.5. The zero-order valence-corrected chi connectivity index (χ0v) is 13.9. The summed E-state index contributed by atoms with van der Waals surface area (Å²) in [7, 11) is 1.63. The predicted molar refractivity (Wildman–Crippen MR) is 90.8 cm³/mol. The molecule has 1 aromatic rings. The van der Waals surface area contributed by atoms with Gasteiger partial charge in [0.2, 0.25) is 5.91 Å². The number of hydrogen-bond donors (Lipinski definition) is 3. The fourth-order valence-corrected chi connectivity index (χ4v) is 2.52. The SMILES string of the molecule is CCC(C)C1Nc2ccc(C(=O)NCCCOC)cc2NC1=O. The van der Waals surface area contributed by atoms with E-state index in [0.717, 1.165) is 18.5 Å². The van der Waals surface area contributed by atoms with Crippen LogP contribution in [0.15, 0.2) is 18.2 Å². The molecule has 0 aromatic heterocycles.